The molecule has 2 aromatic carbocycles. The SMILES string of the molecule is CCOC(=O)c1ccc(-n2c(C)cc(C=Nc3ccc(C)cc3C)c2C)cc1. The number of hydrogen-bond acceptors (Lipinski definition) is 3. The minimum Gasteiger partial charge on any atom is -0.462 e. The second-order valence-corrected chi connectivity index (χ2v) is 6.98. The first-order valence-electron chi connectivity index (χ1n) is 9.48. The normalized spacial score (nSPS) is 11.2. The van der Waals surface area contributed by atoms with Gasteiger partial charge in [0.1, 0.15) is 0 Å². The standard InChI is InChI=1S/C24H26N2O2/c1-6-28-24(27)20-8-10-22(11-9-20)26-18(4)14-21(19(26)5)15-25-23-12-7-16(2)13-17(23)3/h7-15H,6H2,1-5H3. The van der Waals surface area contributed by atoms with E-state index in [0.29, 0.717) is 12.2 Å². The van der Waals surface area contributed by atoms with Crippen LogP contribution in [-0.4, -0.2) is 23.4 Å². The second kappa shape index (κ2) is 8.26. The summed E-state index contributed by atoms with van der Waals surface area (Å²) in [6.07, 6.45) is 1.92. The van der Waals surface area contributed by atoms with E-state index in [-0.39, 0.29) is 5.97 Å². The lowest BCUT2D eigenvalue weighted by Crippen LogP contribution is -2.05. The number of carbonyl (C=O) groups excluding carboxylic acids is 1. The molecule has 28 heavy (non-hydrogen) atoms. The van der Waals surface area contributed by atoms with Crippen LogP contribution in [0.4, 0.5) is 5.69 Å². The maximum atomic E-state index is 11.9. The van der Waals surface area contributed by atoms with Crippen LogP contribution in [0, 0.1) is 27.7 Å². The predicted molar refractivity (Wildman–Crippen MR) is 114 cm³/mol. The average Bonchev–Trinajstić information content (AvgIpc) is 2.95. The number of rotatable bonds is 5. The summed E-state index contributed by atoms with van der Waals surface area (Å²) in [4.78, 5) is 16.5. The van der Waals surface area contributed by atoms with Gasteiger partial charge in [0.2, 0.25) is 0 Å². The highest BCUT2D eigenvalue weighted by atomic mass is 16.5. The number of carbonyl (C=O) groups is 1. The topological polar surface area (TPSA) is 43.6 Å². The Kier molecular flexibility index (Phi) is 5.78. The first kappa shape index (κ1) is 19.6. The molecule has 0 saturated heterocycles. The number of aryl methyl sites for hydroxylation is 3. The number of hydrogen-bond donors (Lipinski definition) is 0. The third-order valence-electron chi connectivity index (χ3n) is 4.80. The Labute approximate surface area is 166 Å². The molecule has 3 aromatic rings. The van der Waals surface area contributed by atoms with Gasteiger partial charge in [-0.25, -0.2) is 4.79 Å². The van der Waals surface area contributed by atoms with Crippen molar-refractivity contribution in [1.82, 2.24) is 4.57 Å². The number of ether oxygens (including phenoxy) is 1. The number of benzene rings is 2. The van der Waals surface area contributed by atoms with E-state index < -0.39 is 0 Å². The van der Waals surface area contributed by atoms with Crippen LogP contribution in [0.1, 0.15) is 45.4 Å². The largest absolute Gasteiger partial charge is 0.462 e. The van der Waals surface area contributed by atoms with Gasteiger partial charge in [-0.2, -0.15) is 0 Å². The van der Waals surface area contributed by atoms with E-state index >= 15 is 0 Å². The van der Waals surface area contributed by atoms with Crippen molar-refractivity contribution in [3.63, 3.8) is 0 Å². The minimum atomic E-state index is -0.295. The molecule has 0 radical (unpaired) electrons. The Morgan fingerprint density at radius 1 is 1.04 bits per heavy atom. The Hall–Kier alpha value is -3.14. The van der Waals surface area contributed by atoms with Crippen LogP contribution in [0.15, 0.2) is 53.5 Å². The predicted octanol–water partition coefficient (Wildman–Crippen LogP) is 5.64. The average molecular weight is 374 g/mol. The molecule has 4 nitrogen and oxygen atoms in total. The molecule has 0 N–H and O–H groups in total. The maximum absolute atomic E-state index is 11.9. The number of esters is 1. The van der Waals surface area contributed by atoms with Crippen LogP contribution >= 0.6 is 0 Å². The van der Waals surface area contributed by atoms with E-state index in [1.54, 1.807) is 19.1 Å². The molecule has 144 valence electrons. The number of nitrogens with zero attached hydrogens (tertiary/aromatic N) is 2. The van der Waals surface area contributed by atoms with E-state index in [2.05, 4.69) is 61.5 Å². The van der Waals surface area contributed by atoms with E-state index in [0.717, 1.165) is 28.3 Å². The first-order chi connectivity index (χ1) is 13.4. The Morgan fingerprint density at radius 2 is 1.75 bits per heavy atom. The molecule has 0 aliphatic heterocycles. The van der Waals surface area contributed by atoms with Crippen molar-refractivity contribution < 1.29 is 9.53 Å². The van der Waals surface area contributed by atoms with Crippen LogP contribution in [0.25, 0.3) is 5.69 Å². The van der Waals surface area contributed by atoms with Crippen molar-refractivity contribution in [1.29, 1.82) is 0 Å². The molecule has 1 heterocycles. The molecule has 3 rings (SSSR count). The van der Waals surface area contributed by atoms with Crippen LogP contribution in [-0.2, 0) is 4.74 Å². The summed E-state index contributed by atoms with van der Waals surface area (Å²) in [5.74, 6) is -0.295. The summed E-state index contributed by atoms with van der Waals surface area (Å²) in [6.45, 7) is 10.5. The van der Waals surface area contributed by atoms with Gasteiger partial charge in [-0.15, -0.1) is 0 Å². The van der Waals surface area contributed by atoms with Crippen molar-refractivity contribution in [2.24, 2.45) is 4.99 Å². The third-order valence-corrected chi connectivity index (χ3v) is 4.80. The molecule has 0 bridgehead atoms. The molecule has 0 aliphatic rings. The maximum Gasteiger partial charge on any atom is 0.338 e. The monoisotopic (exact) mass is 374 g/mol. The molecule has 0 fully saturated rings. The highest BCUT2D eigenvalue weighted by Gasteiger charge is 2.11. The van der Waals surface area contributed by atoms with Crippen molar-refractivity contribution in [2.45, 2.75) is 34.6 Å². The third kappa shape index (κ3) is 4.06. The molecule has 0 spiro atoms. The summed E-state index contributed by atoms with van der Waals surface area (Å²) >= 11 is 0. The molecular formula is C24H26N2O2. The molecular weight excluding hydrogens is 348 g/mol. The highest BCUT2D eigenvalue weighted by molar-refractivity contribution is 5.89. The van der Waals surface area contributed by atoms with Crippen LogP contribution in [0.2, 0.25) is 0 Å². The van der Waals surface area contributed by atoms with Crippen molar-refractivity contribution in [3.05, 3.63) is 82.2 Å². The summed E-state index contributed by atoms with van der Waals surface area (Å²) in [7, 11) is 0. The summed E-state index contributed by atoms with van der Waals surface area (Å²) in [6, 6.07) is 15.9. The Balaban J connectivity index is 1.89. The van der Waals surface area contributed by atoms with Gasteiger partial charge in [-0.1, -0.05) is 17.7 Å². The van der Waals surface area contributed by atoms with Gasteiger partial charge in [0.05, 0.1) is 17.9 Å². The van der Waals surface area contributed by atoms with Gasteiger partial charge in [0.25, 0.3) is 0 Å². The lowest BCUT2D eigenvalue weighted by atomic mass is 10.1. The molecule has 0 aliphatic carbocycles. The van der Waals surface area contributed by atoms with Crippen molar-refractivity contribution >= 4 is 17.9 Å². The van der Waals surface area contributed by atoms with Crippen LogP contribution in [0.3, 0.4) is 0 Å². The first-order valence-corrected chi connectivity index (χ1v) is 9.48. The van der Waals surface area contributed by atoms with E-state index in [9.17, 15) is 4.79 Å². The van der Waals surface area contributed by atoms with Crippen LogP contribution < -0.4 is 0 Å². The van der Waals surface area contributed by atoms with Gasteiger partial charge in [0, 0.05) is 28.9 Å². The molecule has 0 amide bonds. The minimum absolute atomic E-state index is 0.295. The Bertz CT molecular complexity index is 1030. The lowest BCUT2D eigenvalue weighted by Gasteiger charge is -2.10. The molecule has 1 aromatic heterocycles. The molecule has 0 atom stereocenters. The second-order valence-electron chi connectivity index (χ2n) is 6.98. The number of aromatic nitrogens is 1. The van der Waals surface area contributed by atoms with Gasteiger partial charge in [0.15, 0.2) is 0 Å². The zero-order valence-corrected chi connectivity index (χ0v) is 17.1. The fraction of sp³-hybridized carbons (Fsp3) is 0.250. The summed E-state index contributed by atoms with van der Waals surface area (Å²) in [5, 5.41) is 0. The summed E-state index contributed by atoms with van der Waals surface area (Å²) in [5.41, 5.74) is 8.25. The fourth-order valence-corrected chi connectivity index (χ4v) is 3.37. The quantitative estimate of drug-likeness (QED) is 0.428. The highest BCUT2D eigenvalue weighted by Crippen LogP contribution is 2.23. The van der Waals surface area contributed by atoms with E-state index in [1.165, 1.54) is 11.1 Å². The molecule has 0 unspecified atom stereocenters. The molecule has 4 heteroatoms. The zero-order chi connectivity index (χ0) is 20.3. The van der Waals surface area contributed by atoms with Gasteiger partial charge in [-0.3, -0.25) is 4.99 Å². The smallest absolute Gasteiger partial charge is 0.338 e. The van der Waals surface area contributed by atoms with Gasteiger partial charge in [-0.05, 0) is 76.6 Å². The van der Waals surface area contributed by atoms with Crippen LogP contribution in [0.5, 0.6) is 0 Å². The molecule has 0 saturated carbocycles. The number of aliphatic imine (C=N–C) groups is 1. The fourth-order valence-electron chi connectivity index (χ4n) is 3.37. The van der Waals surface area contributed by atoms with E-state index in [1.807, 2.05) is 18.3 Å². The summed E-state index contributed by atoms with van der Waals surface area (Å²) < 4.78 is 7.22. The van der Waals surface area contributed by atoms with Gasteiger partial charge < -0.3 is 9.30 Å². The lowest BCUT2D eigenvalue weighted by molar-refractivity contribution is 0.0526. The van der Waals surface area contributed by atoms with E-state index in [4.69, 9.17) is 4.74 Å². The van der Waals surface area contributed by atoms with Gasteiger partial charge >= 0.3 is 5.97 Å². The zero-order valence-electron chi connectivity index (χ0n) is 17.1. The Morgan fingerprint density at radius 3 is 2.39 bits per heavy atom. The van der Waals surface area contributed by atoms with Crippen molar-refractivity contribution in [3.8, 4) is 5.69 Å². The van der Waals surface area contributed by atoms with Crippen molar-refractivity contribution in [2.75, 3.05) is 6.61 Å².